The zero-order chi connectivity index (χ0) is 17.1. The lowest BCUT2D eigenvalue weighted by Crippen LogP contribution is -2.18. The smallest absolute Gasteiger partial charge is 0.241 e. The SMILES string of the molecule is C[Si](C)(C)C#C[C@H](CC(F)(F)F)c1cnn(-c2ccccc2)c1. The first-order chi connectivity index (χ1) is 10.6. The van der Waals surface area contributed by atoms with Crippen molar-refractivity contribution in [2.45, 2.75) is 38.2 Å². The lowest BCUT2D eigenvalue weighted by molar-refractivity contribution is -0.136. The molecule has 0 bridgehead atoms. The average Bonchev–Trinajstić information content (AvgIpc) is 2.92. The first-order valence-electron chi connectivity index (χ1n) is 7.33. The van der Waals surface area contributed by atoms with Gasteiger partial charge in [0.25, 0.3) is 0 Å². The maximum atomic E-state index is 12.9. The molecule has 2 rings (SSSR count). The summed E-state index contributed by atoms with van der Waals surface area (Å²) in [5.74, 6) is 1.96. The van der Waals surface area contributed by atoms with Crippen LogP contribution in [0.1, 0.15) is 17.9 Å². The van der Waals surface area contributed by atoms with Gasteiger partial charge in [-0.05, 0) is 12.1 Å². The number of hydrogen-bond donors (Lipinski definition) is 0. The molecule has 23 heavy (non-hydrogen) atoms. The van der Waals surface area contributed by atoms with Crippen molar-refractivity contribution < 1.29 is 13.2 Å². The summed E-state index contributed by atoms with van der Waals surface area (Å²) in [5.41, 5.74) is 4.35. The van der Waals surface area contributed by atoms with Gasteiger partial charge in [-0.25, -0.2) is 4.68 Å². The molecule has 2 nitrogen and oxygen atoms in total. The van der Waals surface area contributed by atoms with E-state index in [4.69, 9.17) is 0 Å². The second kappa shape index (κ2) is 6.63. The molecule has 6 heteroatoms. The van der Waals surface area contributed by atoms with Crippen LogP contribution in [0.15, 0.2) is 42.7 Å². The highest BCUT2D eigenvalue weighted by Crippen LogP contribution is 2.31. The highest BCUT2D eigenvalue weighted by atomic mass is 28.3. The van der Waals surface area contributed by atoms with E-state index in [1.807, 2.05) is 50.0 Å². The topological polar surface area (TPSA) is 17.8 Å². The molecular weight excluding hydrogens is 317 g/mol. The lowest BCUT2D eigenvalue weighted by atomic mass is 10.00. The van der Waals surface area contributed by atoms with E-state index in [1.54, 1.807) is 10.9 Å². The third kappa shape index (κ3) is 5.60. The summed E-state index contributed by atoms with van der Waals surface area (Å²) in [6, 6.07) is 9.29. The van der Waals surface area contributed by atoms with E-state index in [2.05, 4.69) is 16.6 Å². The zero-order valence-corrected chi connectivity index (χ0v) is 14.4. The molecule has 0 aliphatic heterocycles. The van der Waals surface area contributed by atoms with E-state index in [9.17, 15) is 13.2 Å². The summed E-state index contributed by atoms with van der Waals surface area (Å²) in [7, 11) is -1.74. The minimum absolute atomic E-state index is 0.497. The van der Waals surface area contributed by atoms with Crippen molar-refractivity contribution in [2.24, 2.45) is 0 Å². The molecule has 0 saturated heterocycles. The van der Waals surface area contributed by atoms with Crippen molar-refractivity contribution in [2.75, 3.05) is 0 Å². The zero-order valence-electron chi connectivity index (χ0n) is 13.4. The van der Waals surface area contributed by atoms with Gasteiger partial charge in [-0.1, -0.05) is 37.8 Å². The summed E-state index contributed by atoms with van der Waals surface area (Å²) < 4.78 is 40.2. The van der Waals surface area contributed by atoms with Crippen LogP contribution in [-0.2, 0) is 0 Å². The van der Waals surface area contributed by atoms with Crippen LogP contribution in [0.3, 0.4) is 0 Å². The van der Waals surface area contributed by atoms with Gasteiger partial charge in [0.15, 0.2) is 0 Å². The molecule has 1 aromatic heterocycles. The molecule has 122 valence electrons. The standard InChI is InChI=1S/C17H19F3N2Si/c1-23(2,3)10-9-14(11-17(18,19)20)15-12-21-22(13-15)16-7-5-4-6-8-16/h4-8,12-14H,11H2,1-3H3/t14-/m1/s1. The molecule has 0 amide bonds. The number of para-hydroxylation sites is 1. The van der Waals surface area contributed by atoms with Crippen LogP contribution in [0.2, 0.25) is 19.6 Å². The van der Waals surface area contributed by atoms with Gasteiger partial charge in [-0.15, -0.1) is 11.5 Å². The van der Waals surface area contributed by atoms with E-state index >= 15 is 0 Å². The molecule has 0 aliphatic carbocycles. The summed E-state index contributed by atoms with van der Waals surface area (Å²) in [6.45, 7) is 6.04. The van der Waals surface area contributed by atoms with E-state index in [0.29, 0.717) is 5.56 Å². The molecule has 1 heterocycles. The predicted molar refractivity (Wildman–Crippen MR) is 88.1 cm³/mol. The van der Waals surface area contributed by atoms with Crippen molar-refractivity contribution in [3.63, 3.8) is 0 Å². The van der Waals surface area contributed by atoms with Gasteiger partial charge in [0, 0.05) is 11.8 Å². The lowest BCUT2D eigenvalue weighted by Gasteiger charge is -2.13. The molecular formula is C17H19F3N2Si. The second-order valence-electron chi connectivity index (χ2n) is 6.45. The van der Waals surface area contributed by atoms with Gasteiger partial charge in [0.05, 0.1) is 24.2 Å². The highest BCUT2D eigenvalue weighted by molar-refractivity contribution is 6.83. The van der Waals surface area contributed by atoms with Crippen molar-refractivity contribution >= 4 is 8.07 Å². The van der Waals surface area contributed by atoms with Gasteiger partial charge >= 0.3 is 6.18 Å². The molecule has 1 atom stereocenters. The first-order valence-corrected chi connectivity index (χ1v) is 10.8. The molecule has 1 aromatic carbocycles. The summed E-state index contributed by atoms with van der Waals surface area (Å²) in [5, 5.41) is 4.17. The Hall–Kier alpha value is -2.00. The average molecular weight is 336 g/mol. The quantitative estimate of drug-likeness (QED) is 0.582. The van der Waals surface area contributed by atoms with Gasteiger partial charge in [-0.2, -0.15) is 18.3 Å². The Kier molecular flexibility index (Phi) is 5.00. The Morgan fingerprint density at radius 2 is 1.83 bits per heavy atom. The Balaban J connectivity index is 2.32. The van der Waals surface area contributed by atoms with Crippen LogP contribution < -0.4 is 0 Å². The number of benzene rings is 1. The summed E-state index contributed by atoms with van der Waals surface area (Å²) in [6.07, 6.45) is -2.11. The number of alkyl halides is 3. The highest BCUT2D eigenvalue weighted by Gasteiger charge is 2.32. The van der Waals surface area contributed by atoms with E-state index < -0.39 is 26.6 Å². The van der Waals surface area contributed by atoms with Gasteiger partial charge in [-0.3, -0.25) is 0 Å². The maximum absolute atomic E-state index is 12.9. The fraction of sp³-hybridized carbons (Fsp3) is 0.353. The first kappa shape index (κ1) is 17.4. The predicted octanol–water partition coefficient (Wildman–Crippen LogP) is 4.79. The Morgan fingerprint density at radius 3 is 2.39 bits per heavy atom. The van der Waals surface area contributed by atoms with Crippen LogP contribution in [0, 0.1) is 11.5 Å². The number of aromatic nitrogens is 2. The molecule has 0 fully saturated rings. The van der Waals surface area contributed by atoms with Gasteiger partial charge < -0.3 is 0 Å². The monoisotopic (exact) mass is 336 g/mol. The van der Waals surface area contributed by atoms with Crippen LogP contribution in [0.4, 0.5) is 13.2 Å². The largest absolute Gasteiger partial charge is 0.390 e. The maximum Gasteiger partial charge on any atom is 0.390 e. The van der Waals surface area contributed by atoms with Crippen molar-refractivity contribution in [3.05, 3.63) is 48.3 Å². The fourth-order valence-corrected chi connectivity index (χ4v) is 2.63. The van der Waals surface area contributed by atoms with Crippen molar-refractivity contribution in [1.29, 1.82) is 0 Å². The van der Waals surface area contributed by atoms with Crippen molar-refractivity contribution in [3.8, 4) is 17.2 Å². The Labute approximate surface area is 135 Å². The minimum Gasteiger partial charge on any atom is -0.241 e. The minimum atomic E-state index is -4.26. The number of halogens is 3. The number of nitrogens with zero attached hydrogens (tertiary/aromatic N) is 2. The van der Waals surface area contributed by atoms with Gasteiger partial charge in [0.2, 0.25) is 0 Å². The Morgan fingerprint density at radius 1 is 1.17 bits per heavy atom. The molecule has 0 spiro atoms. The number of hydrogen-bond acceptors (Lipinski definition) is 1. The van der Waals surface area contributed by atoms with E-state index in [0.717, 1.165) is 5.69 Å². The summed E-state index contributed by atoms with van der Waals surface area (Å²) in [4.78, 5) is 0. The third-order valence-corrected chi connectivity index (χ3v) is 3.98. The van der Waals surface area contributed by atoms with E-state index in [1.165, 1.54) is 6.20 Å². The van der Waals surface area contributed by atoms with Crippen LogP contribution in [0.25, 0.3) is 5.69 Å². The molecule has 0 N–H and O–H groups in total. The Bertz CT molecular complexity index is 703. The van der Waals surface area contributed by atoms with Crippen LogP contribution in [0.5, 0.6) is 0 Å². The second-order valence-corrected chi connectivity index (χ2v) is 11.2. The van der Waals surface area contributed by atoms with Crippen LogP contribution in [-0.4, -0.2) is 24.0 Å². The fourth-order valence-electron chi connectivity index (χ4n) is 2.03. The normalized spacial score (nSPS) is 13.3. The van der Waals surface area contributed by atoms with Crippen LogP contribution >= 0.6 is 0 Å². The van der Waals surface area contributed by atoms with E-state index in [-0.39, 0.29) is 0 Å². The third-order valence-electron chi connectivity index (χ3n) is 3.08. The molecule has 0 saturated carbocycles. The molecule has 0 aliphatic rings. The summed E-state index contributed by atoms with van der Waals surface area (Å²) >= 11 is 0. The number of rotatable bonds is 3. The molecule has 2 aromatic rings. The molecule has 0 unspecified atom stereocenters. The van der Waals surface area contributed by atoms with Crippen molar-refractivity contribution in [1.82, 2.24) is 9.78 Å². The molecule has 0 radical (unpaired) electrons. The van der Waals surface area contributed by atoms with Gasteiger partial charge in [0.1, 0.15) is 8.07 Å².